The van der Waals surface area contributed by atoms with Gasteiger partial charge < -0.3 is 5.32 Å². The van der Waals surface area contributed by atoms with Gasteiger partial charge in [-0.05, 0) is 18.8 Å². The Morgan fingerprint density at radius 2 is 2.00 bits per heavy atom. The van der Waals surface area contributed by atoms with Crippen molar-refractivity contribution in [3.8, 4) is 0 Å². The smallest absolute Gasteiger partial charge is 0.215 e. The first kappa shape index (κ1) is 14.9. The summed E-state index contributed by atoms with van der Waals surface area (Å²) in [5, 5.41) is 3.16. The molecule has 0 aromatic carbocycles. The van der Waals surface area contributed by atoms with Gasteiger partial charge in [0.2, 0.25) is 10.0 Å². The molecule has 0 spiro atoms. The molecule has 0 unspecified atom stereocenters. The van der Waals surface area contributed by atoms with E-state index in [9.17, 15) is 8.42 Å². The molecule has 5 heteroatoms. The molecule has 1 aliphatic rings. The Morgan fingerprint density at radius 1 is 1.35 bits per heavy atom. The maximum atomic E-state index is 12.1. The molecular weight excluding hydrogens is 236 g/mol. The van der Waals surface area contributed by atoms with E-state index >= 15 is 0 Å². The van der Waals surface area contributed by atoms with Gasteiger partial charge in [0.25, 0.3) is 0 Å². The molecule has 0 saturated heterocycles. The van der Waals surface area contributed by atoms with Crippen LogP contribution in [0.15, 0.2) is 0 Å². The molecule has 1 fully saturated rings. The fraction of sp³-hybridized carbons (Fsp3) is 1.00. The van der Waals surface area contributed by atoms with Crippen LogP contribution in [0.25, 0.3) is 0 Å². The second-order valence-electron chi connectivity index (χ2n) is 5.17. The lowest BCUT2D eigenvalue weighted by atomic mass is 9.85. The third-order valence-electron chi connectivity index (χ3n) is 3.35. The predicted molar refractivity (Wildman–Crippen MR) is 71.5 cm³/mol. The van der Waals surface area contributed by atoms with Crippen molar-refractivity contribution in [2.24, 2.45) is 5.92 Å². The third-order valence-corrected chi connectivity index (χ3v) is 5.26. The van der Waals surface area contributed by atoms with Crippen molar-refractivity contribution in [1.82, 2.24) is 9.62 Å². The van der Waals surface area contributed by atoms with Crippen molar-refractivity contribution >= 4 is 10.0 Å². The molecule has 0 aromatic rings. The summed E-state index contributed by atoms with van der Waals surface area (Å²) in [6.07, 6.45) is 3.64. The first-order chi connectivity index (χ1) is 7.95. The van der Waals surface area contributed by atoms with Gasteiger partial charge in [-0.15, -0.1) is 0 Å². The third kappa shape index (κ3) is 4.94. The van der Waals surface area contributed by atoms with Crippen LogP contribution in [0.4, 0.5) is 0 Å². The summed E-state index contributed by atoms with van der Waals surface area (Å²) in [4.78, 5) is 0. The molecule has 1 saturated carbocycles. The largest absolute Gasteiger partial charge is 0.313 e. The Balaban J connectivity index is 2.41. The molecule has 1 N–H and O–H groups in total. The minimum atomic E-state index is -3.07. The lowest BCUT2D eigenvalue weighted by molar-refractivity contribution is 0.250. The van der Waals surface area contributed by atoms with E-state index in [1.165, 1.54) is 19.3 Å². The molecule has 4 nitrogen and oxygen atoms in total. The molecule has 17 heavy (non-hydrogen) atoms. The van der Waals surface area contributed by atoms with E-state index in [0.29, 0.717) is 25.0 Å². The highest BCUT2D eigenvalue weighted by molar-refractivity contribution is 7.89. The Bertz CT molecular complexity index is 310. The number of sulfonamides is 1. The highest BCUT2D eigenvalue weighted by Crippen LogP contribution is 2.27. The highest BCUT2D eigenvalue weighted by atomic mass is 32.2. The fourth-order valence-corrected chi connectivity index (χ4v) is 3.47. The van der Waals surface area contributed by atoms with Crippen LogP contribution in [0.2, 0.25) is 0 Å². The van der Waals surface area contributed by atoms with Crippen LogP contribution in [-0.4, -0.2) is 44.2 Å². The molecule has 102 valence electrons. The van der Waals surface area contributed by atoms with Crippen LogP contribution in [0.3, 0.4) is 0 Å². The molecule has 0 amide bonds. The van der Waals surface area contributed by atoms with Gasteiger partial charge >= 0.3 is 0 Å². The van der Waals surface area contributed by atoms with Gasteiger partial charge in [-0.2, -0.15) is 0 Å². The van der Waals surface area contributed by atoms with Crippen LogP contribution < -0.4 is 5.32 Å². The van der Waals surface area contributed by atoms with Crippen molar-refractivity contribution in [3.05, 3.63) is 0 Å². The Kier molecular flexibility index (Phi) is 5.89. The highest BCUT2D eigenvalue weighted by Gasteiger charge is 2.26. The minimum Gasteiger partial charge on any atom is -0.313 e. The van der Waals surface area contributed by atoms with Gasteiger partial charge in [0.05, 0.1) is 5.75 Å². The van der Waals surface area contributed by atoms with Crippen molar-refractivity contribution < 1.29 is 8.42 Å². The normalized spacial score (nSPS) is 17.7. The number of nitrogens with one attached hydrogen (secondary N) is 1. The summed E-state index contributed by atoms with van der Waals surface area (Å²) in [5.74, 6) is 0.814. The van der Waals surface area contributed by atoms with Gasteiger partial charge in [0.1, 0.15) is 0 Å². The van der Waals surface area contributed by atoms with E-state index in [2.05, 4.69) is 5.32 Å². The molecule has 1 aliphatic carbocycles. The molecule has 0 radical (unpaired) electrons. The van der Waals surface area contributed by atoms with E-state index in [-0.39, 0.29) is 5.75 Å². The number of rotatable bonds is 8. The van der Waals surface area contributed by atoms with Crippen LogP contribution in [0, 0.1) is 5.92 Å². The average Bonchev–Trinajstić information content (AvgIpc) is 2.14. The quantitative estimate of drug-likeness (QED) is 0.720. The van der Waals surface area contributed by atoms with Crippen molar-refractivity contribution in [2.45, 2.75) is 46.1 Å². The predicted octanol–water partition coefficient (Wildman–Crippen LogP) is 1.44. The van der Waals surface area contributed by atoms with Crippen LogP contribution in [0.5, 0.6) is 0 Å². The number of nitrogens with zero attached hydrogens (tertiary/aromatic N) is 1. The lowest BCUT2D eigenvalue weighted by Gasteiger charge is -2.31. The van der Waals surface area contributed by atoms with Gasteiger partial charge in [0.15, 0.2) is 0 Å². The zero-order chi connectivity index (χ0) is 12.9. The standard InChI is InChI=1S/C12H26N2O2S/c1-4-14(10-12-6-5-7-12)17(15,16)9-8-13-11(2)3/h11-13H,4-10H2,1-3H3. The summed E-state index contributed by atoms with van der Waals surface area (Å²) in [5.41, 5.74) is 0. The van der Waals surface area contributed by atoms with Crippen LogP contribution >= 0.6 is 0 Å². The van der Waals surface area contributed by atoms with Crippen molar-refractivity contribution in [2.75, 3.05) is 25.4 Å². The first-order valence-corrected chi connectivity index (χ1v) is 8.27. The minimum absolute atomic E-state index is 0.214. The second-order valence-corrected chi connectivity index (χ2v) is 7.26. The van der Waals surface area contributed by atoms with Crippen LogP contribution in [-0.2, 0) is 10.0 Å². The molecule has 0 heterocycles. The van der Waals surface area contributed by atoms with E-state index in [4.69, 9.17) is 0 Å². The summed E-state index contributed by atoms with van der Waals surface area (Å²) >= 11 is 0. The second kappa shape index (κ2) is 6.71. The SMILES string of the molecule is CCN(CC1CCC1)S(=O)(=O)CCNC(C)C. The van der Waals surface area contributed by atoms with Gasteiger partial charge in [-0.25, -0.2) is 12.7 Å². The zero-order valence-corrected chi connectivity index (χ0v) is 12.1. The van der Waals surface area contributed by atoms with Gasteiger partial charge in [0, 0.05) is 25.7 Å². The van der Waals surface area contributed by atoms with E-state index in [0.717, 1.165) is 6.54 Å². The first-order valence-electron chi connectivity index (χ1n) is 6.67. The van der Waals surface area contributed by atoms with Crippen molar-refractivity contribution in [1.29, 1.82) is 0 Å². The van der Waals surface area contributed by atoms with E-state index in [1.54, 1.807) is 4.31 Å². The summed E-state index contributed by atoms with van der Waals surface area (Å²) in [7, 11) is -3.07. The maximum Gasteiger partial charge on any atom is 0.215 e. The van der Waals surface area contributed by atoms with Crippen LogP contribution in [0.1, 0.15) is 40.0 Å². The summed E-state index contributed by atoms with van der Waals surface area (Å²) in [6, 6.07) is 0.340. The molecule has 0 aliphatic heterocycles. The Morgan fingerprint density at radius 3 is 2.41 bits per heavy atom. The molecular formula is C12H26N2O2S. The summed E-state index contributed by atoms with van der Waals surface area (Å²) < 4.78 is 25.9. The number of hydrogen-bond acceptors (Lipinski definition) is 3. The Labute approximate surface area is 106 Å². The molecule has 1 rings (SSSR count). The average molecular weight is 262 g/mol. The number of hydrogen-bond donors (Lipinski definition) is 1. The monoisotopic (exact) mass is 262 g/mol. The Hall–Kier alpha value is -0.130. The molecule has 0 aromatic heterocycles. The zero-order valence-electron chi connectivity index (χ0n) is 11.3. The van der Waals surface area contributed by atoms with E-state index in [1.807, 2.05) is 20.8 Å². The van der Waals surface area contributed by atoms with Gasteiger partial charge in [-0.1, -0.05) is 27.2 Å². The van der Waals surface area contributed by atoms with Crippen molar-refractivity contribution in [3.63, 3.8) is 0 Å². The lowest BCUT2D eigenvalue weighted by Crippen LogP contribution is -2.41. The maximum absolute atomic E-state index is 12.1. The molecule has 0 atom stereocenters. The molecule has 0 bridgehead atoms. The topological polar surface area (TPSA) is 49.4 Å². The van der Waals surface area contributed by atoms with Gasteiger partial charge in [-0.3, -0.25) is 0 Å². The van der Waals surface area contributed by atoms with E-state index < -0.39 is 10.0 Å². The fourth-order valence-electron chi connectivity index (χ4n) is 2.01. The summed E-state index contributed by atoms with van der Waals surface area (Å²) in [6.45, 7) is 7.84.